The molecule has 9 heteroatoms. The molecule has 0 aliphatic heterocycles. The van der Waals surface area contributed by atoms with E-state index in [0.717, 1.165) is 12.1 Å². The standard InChI is InChI=1S/C23H20F3N3O3/c1-13-10-14(12-27)8-9-17(13)21(29-22(31)32)20-18(6-3-7-19(20)30)28-16-5-2-4-15(11-16)23(24,25)26/h2,4-5,8-11,21,28-29H,3,6-7H2,1H3,(H,31,32). The van der Waals surface area contributed by atoms with Crippen LogP contribution in [0.15, 0.2) is 53.7 Å². The molecule has 1 aliphatic carbocycles. The van der Waals surface area contributed by atoms with Crippen molar-refractivity contribution in [1.29, 1.82) is 5.26 Å². The third kappa shape index (κ3) is 5.09. The summed E-state index contributed by atoms with van der Waals surface area (Å²) < 4.78 is 39.3. The van der Waals surface area contributed by atoms with Crippen LogP contribution in [0.4, 0.5) is 23.7 Å². The number of aryl methyl sites for hydroxylation is 1. The first-order valence-corrected chi connectivity index (χ1v) is 9.80. The van der Waals surface area contributed by atoms with E-state index in [1.807, 2.05) is 6.07 Å². The van der Waals surface area contributed by atoms with Crippen LogP contribution in [0.5, 0.6) is 0 Å². The molecule has 1 aliphatic rings. The maximum atomic E-state index is 13.1. The Hall–Kier alpha value is -3.80. The second kappa shape index (κ2) is 9.14. The number of rotatable bonds is 5. The lowest BCUT2D eigenvalue weighted by Crippen LogP contribution is -2.34. The molecular weight excluding hydrogens is 423 g/mol. The molecule has 3 rings (SSSR count). The SMILES string of the molecule is Cc1cc(C#N)ccc1C(NC(=O)O)C1=C(Nc2cccc(C(F)(F)F)c2)CCCC1=O. The molecule has 1 amide bonds. The number of nitrogens with one attached hydrogen (secondary N) is 2. The van der Waals surface area contributed by atoms with Gasteiger partial charge in [-0.2, -0.15) is 18.4 Å². The van der Waals surface area contributed by atoms with Crippen LogP contribution >= 0.6 is 0 Å². The number of halogens is 3. The molecule has 1 unspecified atom stereocenters. The Balaban J connectivity index is 2.10. The fraction of sp³-hybridized carbons (Fsp3) is 0.261. The summed E-state index contributed by atoms with van der Waals surface area (Å²) in [6, 6.07) is 10.2. The number of Topliss-reactive ketones (excluding diaryl/α,β-unsaturated/α-hetero) is 1. The minimum Gasteiger partial charge on any atom is -0.465 e. The molecule has 6 nitrogen and oxygen atoms in total. The van der Waals surface area contributed by atoms with Crippen molar-refractivity contribution in [3.63, 3.8) is 0 Å². The van der Waals surface area contributed by atoms with Crippen molar-refractivity contribution in [3.8, 4) is 6.07 Å². The first kappa shape index (κ1) is 22.9. The number of anilines is 1. The van der Waals surface area contributed by atoms with Crippen molar-refractivity contribution in [2.75, 3.05) is 5.32 Å². The van der Waals surface area contributed by atoms with Gasteiger partial charge in [0.25, 0.3) is 0 Å². The van der Waals surface area contributed by atoms with Crippen molar-refractivity contribution in [2.45, 2.75) is 38.4 Å². The van der Waals surface area contributed by atoms with Gasteiger partial charge in [0.1, 0.15) is 0 Å². The van der Waals surface area contributed by atoms with Gasteiger partial charge >= 0.3 is 12.3 Å². The molecule has 0 saturated carbocycles. The fourth-order valence-electron chi connectivity index (χ4n) is 3.77. The lowest BCUT2D eigenvalue weighted by Gasteiger charge is -2.28. The Bertz CT molecular complexity index is 1130. The van der Waals surface area contributed by atoms with E-state index in [9.17, 15) is 27.9 Å². The van der Waals surface area contributed by atoms with Gasteiger partial charge in [-0.05, 0) is 61.2 Å². The minimum atomic E-state index is -4.52. The summed E-state index contributed by atoms with van der Waals surface area (Å²) in [6.45, 7) is 1.69. The van der Waals surface area contributed by atoms with E-state index in [-0.39, 0.29) is 23.5 Å². The zero-order valence-corrected chi connectivity index (χ0v) is 17.1. The van der Waals surface area contributed by atoms with Crippen molar-refractivity contribution in [2.24, 2.45) is 0 Å². The van der Waals surface area contributed by atoms with E-state index >= 15 is 0 Å². The number of amides is 1. The summed E-state index contributed by atoms with van der Waals surface area (Å²) in [4.78, 5) is 24.4. The summed E-state index contributed by atoms with van der Waals surface area (Å²) in [5, 5.41) is 23.8. The van der Waals surface area contributed by atoms with Gasteiger partial charge in [0.15, 0.2) is 5.78 Å². The molecule has 1 atom stereocenters. The van der Waals surface area contributed by atoms with Gasteiger partial charge in [-0.1, -0.05) is 12.1 Å². The van der Waals surface area contributed by atoms with Gasteiger partial charge in [-0.25, -0.2) is 4.79 Å². The largest absolute Gasteiger partial charge is 0.465 e. The summed E-state index contributed by atoms with van der Waals surface area (Å²) in [7, 11) is 0. The van der Waals surface area contributed by atoms with Crippen LogP contribution in [0.1, 0.15) is 47.6 Å². The molecular formula is C23H20F3N3O3. The monoisotopic (exact) mass is 443 g/mol. The number of hydrogen-bond acceptors (Lipinski definition) is 4. The van der Waals surface area contributed by atoms with Gasteiger partial charge < -0.3 is 15.7 Å². The number of allylic oxidation sites excluding steroid dienone is 1. The van der Waals surface area contributed by atoms with E-state index in [4.69, 9.17) is 5.26 Å². The van der Waals surface area contributed by atoms with Crippen LogP contribution < -0.4 is 10.6 Å². The Morgan fingerprint density at radius 1 is 1.19 bits per heavy atom. The number of nitriles is 1. The summed E-state index contributed by atoms with van der Waals surface area (Å²) in [5.41, 5.74) is 1.30. The molecule has 0 heterocycles. The third-order valence-corrected chi connectivity index (χ3v) is 5.21. The van der Waals surface area contributed by atoms with Crippen molar-refractivity contribution < 1.29 is 27.9 Å². The maximum Gasteiger partial charge on any atom is 0.416 e. The highest BCUT2D eigenvalue weighted by atomic mass is 19.4. The van der Waals surface area contributed by atoms with Crippen LogP contribution in [-0.4, -0.2) is 17.0 Å². The fourth-order valence-corrected chi connectivity index (χ4v) is 3.77. The van der Waals surface area contributed by atoms with Crippen LogP contribution in [0.3, 0.4) is 0 Å². The molecule has 166 valence electrons. The van der Waals surface area contributed by atoms with Crippen molar-refractivity contribution in [3.05, 3.63) is 76.0 Å². The second-order valence-corrected chi connectivity index (χ2v) is 7.44. The van der Waals surface area contributed by atoms with Crippen molar-refractivity contribution >= 4 is 17.6 Å². The van der Waals surface area contributed by atoms with Crippen LogP contribution in [0.2, 0.25) is 0 Å². The van der Waals surface area contributed by atoms with E-state index in [2.05, 4.69) is 10.6 Å². The average molecular weight is 443 g/mol. The second-order valence-electron chi connectivity index (χ2n) is 7.44. The number of carbonyl (C=O) groups excluding carboxylic acids is 1. The molecule has 0 radical (unpaired) electrons. The van der Waals surface area contributed by atoms with Crippen LogP contribution in [0.25, 0.3) is 0 Å². The van der Waals surface area contributed by atoms with E-state index < -0.39 is 23.9 Å². The van der Waals surface area contributed by atoms with Crippen molar-refractivity contribution in [1.82, 2.24) is 5.32 Å². The van der Waals surface area contributed by atoms with E-state index in [0.29, 0.717) is 35.2 Å². The highest BCUT2D eigenvalue weighted by molar-refractivity contribution is 5.99. The number of carbonyl (C=O) groups is 2. The molecule has 0 aromatic heterocycles. The molecule has 32 heavy (non-hydrogen) atoms. The first-order chi connectivity index (χ1) is 15.1. The molecule has 2 aromatic rings. The van der Waals surface area contributed by atoms with Gasteiger partial charge in [0.05, 0.1) is 23.2 Å². The summed E-state index contributed by atoms with van der Waals surface area (Å²) >= 11 is 0. The normalized spacial score (nSPS) is 15.2. The Morgan fingerprint density at radius 2 is 1.94 bits per heavy atom. The van der Waals surface area contributed by atoms with Gasteiger partial charge in [0, 0.05) is 23.4 Å². The van der Waals surface area contributed by atoms with Crippen LogP contribution in [-0.2, 0) is 11.0 Å². The topological polar surface area (TPSA) is 102 Å². The smallest absolute Gasteiger partial charge is 0.416 e. The number of carboxylic acid groups (broad SMARTS) is 1. The van der Waals surface area contributed by atoms with E-state index in [1.165, 1.54) is 18.2 Å². The van der Waals surface area contributed by atoms with Gasteiger partial charge in [-0.15, -0.1) is 0 Å². The third-order valence-electron chi connectivity index (χ3n) is 5.21. The Morgan fingerprint density at radius 3 is 2.56 bits per heavy atom. The zero-order valence-electron chi connectivity index (χ0n) is 17.1. The summed E-state index contributed by atoms with van der Waals surface area (Å²) in [6.07, 6.45) is -4.84. The lowest BCUT2D eigenvalue weighted by atomic mass is 9.84. The van der Waals surface area contributed by atoms with Gasteiger partial charge in [0.2, 0.25) is 0 Å². The first-order valence-electron chi connectivity index (χ1n) is 9.80. The number of hydrogen-bond donors (Lipinski definition) is 3. The highest BCUT2D eigenvalue weighted by Gasteiger charge is 2.33. The molecule has 0 spiro atoms. The highest BCUT2D eigenvalue weighted by Crippen LogP contribution is 2.36. The number of benzene rings is 2. The average Bonchev–Trinajstić information content (AvgIpc) is 2.72. The molecule has 2 aromatic carbocycles. The maximum absolute atomic E-state index is 13.1. The molecule has 0 saturated heterocycles. The van der Waals surface area contributed by atoms with E-state index in [1.54, 1.807) is 19.1 Å². The predicted molar refractivity (Wildman–Crippen MR) is 111 cm³/mol. The molecule has 0 bridgehead atoms. The molecule has 3 N–H and O–H groups in total. The molecule has 0 fully saturated rings. The predicted octanol–water partition coefficient (Wildman–Crippen LogP) is 5.31. The quantitative estimate of drug-likeness (QED) is 0.581. The zero-order chi connectivity index (χ0) is 23.5. The lowest BCUT2D eigenvalue weighted by molar-refractivity contribution is -0.137. The Kier molecular flexibility index (Phi) is 6.53. The van der Waals surface area contributed by atoms with Gasteiger partial charge in [-0.3, -0.25) is 4.79 Å². The minimum absolute atomic E-state index is 0.146. The van der Waals surface area contributed by atoms with Crippen LogP contribution in [0, 0.1) is 18.3 Å². The summed E-state index contributed by atoms with van der Waals surface area (Å²) in [5.74, 6) is -0.298. The number of nitrogens with zero attached hydrogens (tertiary/aromatic N) is 1. The Labute approximate surface area is 182 Å². The number of ketones is 1. The number of alkyl halides is 3.